The van der Waals surface area contributed by atoms with Gasteiger partial charge in [0.1, 0.15) is 5.75 Å². The minimum atomic E-state index is 0.165. The van der Waals surface area contributed by atoms with Crippen molar-refractivity contribution in [2.24, 2.45) is 0 Å². The summed E-state index contributed by atoms with van der Waals surface area (Å²) in [6, 6.07) is 7.17. The van der Waals surface area contributed by atoms with Gasteiger partial charge >= 0.3 is 0 Å². The molecule has 0 radical (unpaired) electrons. The molecular weight excluding hydrogens is 264 g/mol. The lowest BCUT2D eigenvalue weighted by Crippen LogP contribution is -2.34. The van der Waals surface area contributed by atoms with Crippen LogP contribution in [0.3, 0.4) is 0 Å². The van der Waals surface area contributed by atoms with E-state index in [9.17, 15) is 4.79 Å². The number of nitrogens with one attached hydrogen (secondary N) is 1. The summed E-state index contributed by atoms with van der Waals surface area (Å²) < 4.78 is 5.53. The van der Waals surface area contributed by atoms with E-state index in [0.717, 1.165) is 38.3 Å². The molecular formula is C14H19ClN2O2. The van der Waals surface area contributed by atoms with E-state index in [1.165, 1.54) is 0 Å². The number of rotatable bonds is 4. The highest BCUT2D eigenvalue weighted by Gasteiger charge is 2.14. The lowest BCUT2D eigenvalue weighted by molar-refractivity contribution is -0.131. The van der Waals surface area contributed by atoms with Gasteiger partial charge in [-0.3, -0.25) is 4.79 Å². The Morgan fingerprint density at radius 2 is 2.05 bits per heavy atom. The smallest absolute Gasteiger partial charge is 0.226 e. The van der Waals surface area contributed by atoms with Gasteiger partial charge in [-0.15, -0.1) is 0 Å². The van der Waals surface area contributed by atoms with E-state index in [1.807, 2.05) is 17.0 Å². The maximum absolute atomic E-state index is 12.0. The molecule has 104 valence electrons. The number of nitrogens with zero attached hydrogens (tertiary/aromatic N) is 1. The van der Waals surface area contributed by atoms with Crippen molar-refractivity contribution in [2.75, 3.05) is 32.8 Å². The Kier molecular flexibility index (Phi) is 5.48. The molecule has 1 aliphatic heterocycles. The van der Waals surface area contributed by atoms with Gasteiger partial charge in [0.2, 0.25) is 5.91 Å². The van der Waals surface area contributed by atoms with E-state index in [-0.39, 0.29) is 5.91 Å². The lowest BCUT2D eigenvalue weighted by atomic mass is 10.3. The summed E-state index contributed by atoms with van der Waals surface area (Å²) >= 11 is 5.79. The largest absolute Gasteiger partial charge is 0.493 e. The monoisotopic (exact) mass is 282 g/mol. The first-order chi connectivity index (χ1) is 9.25. The van der Waals surface area contributed by atoms with Gasteiger partial charge in [0.15, 0.2) is 0 Å². The van der Waals surface area contributed by atoms with Gasteiger partial charge in [0.05, 0.1) is 13.0 Å². The van der Waals surface area contributed by atoms with Crippen LogP contribution in [-0.4, -0.2) is 43.6 Å². The highest BCUT2D eigenvalue weighted by Crippen LogP contribution is 2.15. The van der Waals surface area contributed by atoms with Crippen LogP contribution in [-0.2, 0) is 4.79 Å². The second-order valence-corrected chi connectivity index (χ2v) is 4.97. The predicted molar refractivity (Wildman–Crippen MR) is 75.6 cm³/mol. The summed E-state index contributed by atoms with van der Waals surface area (Å²) in [4.78, 5) is 13.9. The molecule has 1 aliphatic rings. The quantitative estimate of drug-likeness (QED) is 0.917. The third-order valence-corrected chi connectivity index (χ3v) is 3.34. The molecule has 0 saturated carbocycles. The first-order valence-corrected chi connectivity index (χ1v) is 7.00. The third-order valence-electron chi connectivity index (χ3n) is 3.09. The summed E-state index contributed by atoms with van der Waals surface area (Å²) in [7, 11) is 0. The van der Waals surface area contributed by atoms with Gasteiger partial charge in [-0.2, -0.15) is 0 Å². The van der Waals surface area contributed by atoms with Crippen molar-refractivity contribution in [1.29, 1.82) is 0 Å². The van der Waals surface area contributed by atoms with E-state index < -0.39 is 0 Å². The van der Waals surface area contributed by atoms with E-state index in [2.05, 4.69) is 5.32 Å². The standard InChI is InChI=1S/C14H19ClN2O2/c15-12-2-4-13(5-3-12)19-11-6-14(18)17-9-1-7-16-8-10-17/h2-5,16H,1,6-11H2. The molecule has 2 rings (SSSR count). The Hall–Kier alpha value is -1.26. The highest BCUT2D eigenvalue weighted by molar-refractivity contribution is 6.30. The van der Waals surface area contributed by atoms with E-state index in [4.69, 9.17) is 16.3 Å². The molecule has 0 unspecified atom stereocenters. The molecule has 1 fully saturated rings. The molecule has 0 aliphatic carbocycles. The Balaban J connectivity index is 1.72. The Morgan fingerprint density at radius 1 is 1.26 bits per heavy atom. The fourth-order valence-corrected chi connectivity index (χ4v) is 2.17. The SMILES string of the molecule is O=C(CCOc1ccc(Cl)cc1)N1CCCNCC1. The van der Waals surface area contributed by atoms with Crippen LogP contribution >= 0.6 is 11.6 Å². The Morgan fingerprint density at radius 3 is 2.84 bits per heavy atom. The van der Waals surface area contributed by atoms with Gasteiger partial charge in [-0.25, -0.2) is 0 Å². The zero-order valence-corrected chi connectivity index (χ0v) is 11.7. The minimum absolute atomic E-state index is 0.165. The Bertz CT molecular complexity index is 400. The van der Waals surface area contributed by atoms with Crippen LogP contribution in [0.1, 0.15) is 12.8 Å². The summed E-state index contributed by atoms with van der Waals surface area (Å²) in [5, 5.41) is 3.96. The fraction of sp³-hybridized carbons (Fsp3) is 0.500. The maximum atomic E-state index is 12.0. The molecule has 0 aromatic heterocycles. The highest BCUT2D eigenvalue weighted by atomic mass is 35.5. The van der Waals surface area contributed by atoms with Crippen LogP contribution in [0, 0.1) is 0 Å². The van der Waals surface area contributed by atoms with Gasteiger partial charge in [-0.1, -0.05) is 11.6 Å². The van der Waals surface area contributed by atoms with Crippen molar-refractivity contribution in [1.82, 2.24) is 10.2 Å². The summed E-state index contributed by atoms with van der Waals surface area (Å²) in [5.74, 6) is 0.910. The van der Waals surface area contributed by atoms with Crippen LogP contribution in [0.25, 0.3) is 0 Å². The number of amides is 1. The van der Waals surface area contributed by atoms with Crippen LogP contribution in [0.5, 0.6) is 5.75 Å². The topological polar surface area (TPSA) is 41.6 Å². The van der Waals surface area contributed by atoms with Crippen molar-refractivity contribution in [3.63, 3.8) is 0 Å². The van der Waals surface area contributed by atoms with Crippen molar-refractivity contribution in [3.05, 3.63) is 29.3 Å². The van der Waals surface area contributed by atoms with Crippen LogP contribution in [0.15, 0.2) is 24.3 Å². The first-order valence-electron chi connectivity index (χ1n) is 6.62. The second-order valence-electron chi connectivity index (χ2n) is 4.54. The number of carbonyl (C=O) groups is 1. The molecule has 1 amide bonds. The maximum Gasteiger partial charge on any atom is 0.226 e. The zero-order chi connectivity index (χ0) is 13.5. The number of ether oxygens (including phenoxy) is 1. The van der Waals surface area contributed by atoms with E-state index in [1.54, 1.807) is 12.1 Å². The summed E-state index contributed by atoms with van der Waals surface area (Å²) in [6.45, 7) is 3.91. The minimum Gasteiger partial charge on any atom is -0.493 e. The van der Waals surface area contributed by atoms with Crippen molar-refractivity contribution in [2.45, 2.75) is 12.8 Å². The molecule has 4 nitrogen and oxygen atoms in total. The van der Waals surface area contributed by atoms with Gasteiger partial charge in [-0.05, 0) is 37.2 Å². The fourth-order valence-electron chi connectivity index (χ4n) is 2.04. The zero-order valence-electron chi connectivity index (χ0n) is 10.9. The average Bonchev–Trinajstić information content (AvgIpc) is 2.70. The molecule has 0 spiro atoms. The normalized spacial score (nSPS) is 15.9. The van der Waals surface area contributed by atoms with Crippen molar-refractivity contribution in [3.8, 4) is 5.75 Å². The van der Waals surface area contributed by atoms with Gasteiger partial charge < -0.3 is 15.0 Å². The van der Waals surface area contributed by atoms with Crippen LogP contribution in [0.4, 0.5) is 0 Å². The molecule has 19 heavy (non-hydrogen) atoms. The van der Waals surface area contributed by atoms with Crippen LogP contribution < -0.4 is 10.1 Å². The second kappa shape index (κ2) is 7.36. The number of halogens is 1. The van der Waals surface area contributed by atoms with Gasteiger partial charge in [0.25, 0.3) is 0 Å². The first kappa shape index (κ1) is 14.2. The summed E-state index contributed by atoms with van der Waals surface area (Å²) in [6.07, 6.45) is 1.44. The molecule has 1 heterocycles. The average molecular weight is 283 g/mol. The van der Waals surface area contributed by atoms with Crippen molar-refractivity contribution >= 4 is 17.5 Å². The number of benzene rings is 1. The molecule has 0 atom stereocenters. The molecule has 0 bridgehead atoms. The van der Waals surface area contributed by atoms with E-state index >= 15 is 0 Å². The molecule has 5 heteroatoms. The number of hydrogen-bond donors (Lipinski definition) is 1. The van der Waals surface area contributed by atoms with Crippen LogP contribution in [0.2, 0.25) is 5.02 Å². The van der Waals surface area contributed by atoms with Crippen molar-refractivity contribution < 1.29 is 9.53 Å². The van der Waals surface area contributed by atoms with Gasteiger partial charge in [0, 0.05) is 24.7 Å². The predicted octanol–water partition coefficient (Wildman–Crippen LogP) is 1.93. The third kappa shape index (κ3) is 4.73. The van der Waals surface area contributed by atoms with E-state index in [0.29, 0.717) is 18.1 Å². The lowest BCUT2D eigenvalue weighted by Gasteiger charge is -2.19. The molecule has 1 aromatic rings. The molecule has 1 aromatic carbocycles. The number of hydrogen-bond acceptors (Lipinski definition) is 3. The molecule has 1 saturated heterocycles. The number of carbonyl (C=O) groups excluding carboxylic acids is 1. The Labute approximate surface area is 118 Å². The molecule has 1 N–H and O–H groups in total. The summed E-state index contributed by atoms with van der Waals surface area (Å²) in [5.41, 5.74) is 0.